The van der Waals surface area contributed by atoms with Crippen molar-refractivity contribution in [2.24, 2.45) is 10.2 Å². The van der Waals surface area contributed by atoms with E-state index in [4.69, 9.17) is 27.9 Å². The Morgan fingerprint density at radius 2 is 1.97 bits per heavy atom. The second-order valence-corrected chi connectivity index (χ2v) is 8.25. The molecule has 0 radical (unpaired) electrons. The molecule has 30 heavy (non-hydrogen) atoms. The Kier molecular flexibility index (Phi) is 7.36. The van der Waals surface area contributed by atoms with Crippen molar-refractivity contribution in [3.63, 3.8) is 0 Å². The lowest BCUT2D eigenvalue weighted by molar-refractivity contribution is -0.122. The lowest BCUT2D eigenvalue weighted by atomic mass is 10.1. The Hall–Kier alpha value is -2.55. The van der Waals surface area contributed by atoms with E-state index in [1.807, 2.05) is 31.2 Å². The number of halogens is 2. The molecule has 2 aromatic rings. The summed E-state index contributed by atoms with van der Waals surface area (Å²) in [5.74, 6) is 0.0889. The number of nitrogens with zero attached hydrogens (tertiary/aromatic N) is 2. The number of amides is 2. The van der Waals surface area contributed by atoms with E-state index < -0.39 is 5.25 Å². The summed E-state index contributed by atoms with van der Waals surface area (Å²) in [6.45, 7) is 1.81. The van der Waals surface area contributed by atoms with Gasteiger partial charge in [0, 0.05) is 6.42 Å². The van der Waals surface area contributed by atoms with Gasteiger partial charge in [-0.2, -0.15) is 5.10 Å². The summed E-state index contributed by atoms with van der Waals surface area (Å²) in [4.78, 5) is 24.5. The van der Waals surface area contributed by atoms with Crippen LogP contribution in [0.3, 0.4) is 0 Å². The van der Waals surface area contributed by atoms with Crippen molar-refractivity contribution in [3.05, 3.63) is 58.1 Å². The fraction of sp³-hybridized carbons (Fsp3) is 0.200. The third-order valence-electron chi connectivity index (χ3n) is 4.17. The van der Waals surface area contributed by atoms with Crippen LogP contribution in [-0.2, 0) is 9.59 Å². The molecule has 2 N–H and O–H groups in total. The predicted molar refractivity (Wildman–Crippen MR) is 122 cm³/mol. The molecule has 0 aliphatic carbocycles. The van der Waals surface area contributed by atoms with E-state index in [0.29, 0.717) is 21.6 Å². The number of carbonyl (C=O) groups excluding carboxylic acids is 2. The number of benzene rings is 2. The van der Waals surface area contributed by atoms with Gasteiger partial charge in [-0.25, -0.2) is 0 Å². The SMILES string of the molecule is COc1ccc(/C(C)=N\N=C2/NC(=O)[C@H](CC(=O)Nc3cccc(Cl)c3Cl)S2)cc1. The summed E-state index contributed by atoms with van der Waals surface area (Å²) in [5, 5.41) is 13.9. The standard InChI is InChI=1S/C20H18Cl2N4O3S/c1-11(12-6-8-13(29-2)9-7-12)25-26-20-24-19(28)16(30-20)10-17(27)23-15-5-3-4-14(21)18(15)22/h3-9,16H,10H2,1-2H3,(H,23,27)(H,24,26,28)/b25-11-/t16-/m0/s1. The van der Waals surface area contributed by atoms with Crippen molar-refractivity contribution >= 4 is 63.3 Å². The van der Waals surface area contributed by atoms with Gasteiger partial charge in [0.1, 0.15) is 11.0 Å². The molecule has 1 fully saturated rings. The zero-order valence-corrected chi connectivity index (χ0v) is 18.4. The maximum atomic E-state index is 12.3. The number of anilines is 1. The highest BCUT2D eigenvalue weighted by Gasteiger charge is 2.32. The van der Waals surface area contributed by atoms with Crippen molar-refractivity contribution < 1.29 is 14.3 Å². The van der Waals surface area contributed by atoms with E-state index in [2.05, 4.69) is 20.8 Å². The van der Waals surface area contributed by atoms with Crippen molar-refractivity contribution in [3.8, 4) is 5.75 Å². The summed E-state index contributed by atoms with van der Waals surface area (Å²) in [6.07, 6.45) is -0.0421. The van der Waals surface area contributed by atoms with Gasteiger partial charge in [0.25, 0.3) is 0 Å². The van der Waals surface area contributed by atoms with Gasteiger partial charge in [0.05, 0.1) is 28.6 Å². The number of hydrogen-bond acceptors (Lipinski definition) is 6. The fourth-order valence-corrected chi connectivity index (χ4v) is 3.83. The summed E-state index contributed by atoms with van der Waals surface area (Å²) in [7, 11) is 1.60. The van der Waals surface area contributed by atoms with Crippen LogP contribution in [0.25, 0.3) is 0 Å². The monoisotopic (exact) mass is 464 g/mol. The van der Waals surface area contributed by atoms with Gasteiger partial charge in [-0.05, 0) is 48.9 Å². The van der Waals surface area contributed by atoms with Crippen LogP contribution in [0.15, 0.2) is 52.7 Å². The van der Waals surface area contributed by atoms with Gasteiger partial charge in [-0.1, -0.05) is 41.0 Å². The van der Waals surface area contributed by atoms with Gasteiger partial charge < -0.3 is 15.4 Å². The third kappa shape index (κ3) is 5.53. The highest BCUT2D eigenvalue weighted by molar-refractivity contribution is 8.15. The molecule has 1 aliphatic rings. The van der Waals surface area contributed by atoms with Crippen LogP contribution in [0.4, 0.5) is 5.69 Å². The second kappa shape index (κ2) is 9.97. The predicted octanol–water partition coefficient (Wildman–Crippen LogP) is 4.34. The fourth-order valence-electron chi connectivity index (χ4n) is 2.57. The molecule has 0 bridgehead atoms. The number of amidine groups is 1. The van der Waals surface area contributed by atoms with Crippen LogP contribution in [0.5, 0.6) is 5.75 Å². The van der Waals surface area contributed by atoms with Crippen LogP contribution < -0.4 is 15.4 Å². The number of hydrogen-bond donors (Lipinski definition) is 2. The van der Waals surface area contributed by atoms with Gasteiger partial charge in [-0.15, -0.1) is 5.10 Å². The molecule has 156 valence electrons. The molecule has 10 heteroatoms. The Morgan fingerprint density at radius 1 is 1.23 bits per heavy atom. The maximum absolute atomic E-state index is 12.3. The molecular formula is C20H18Cl2N4O3S. The third-order valence-corrected chi connectivity index (χ3v) is 6.06. The van der Waals surface area contributed by atoms with Crippen LogP contribution in [0.1, 0.15) is 18.9 Å². The number of ether oxygens (including phenoxy) is 1. The summed E-state index contributed by atoms with van der Waals surface area (Å²) < 4.78 is 5.13. The molecule has 0 unspecified atom stereocenters. The van der Waals surface area contributed by atoms with Crippen molar-refractivity contribution in [1.82, 2.24) is 5.32 Å². The Labute approximate surface area is 187 Å². The molecule has 1 aliphatic heterocycles. The quantitative estimate of drug-likeness (QED) is 0.491. The van der Waals surface area contributed by atoms with Gasteiger partial charge in [0.2, 0.25) is 11.8 Å². The molecule has 1 atom stereocenters. The average Bonchev–Trinajstić information content (AvgIpc) is 3.08. The number of rotatable bonds is 6. The molecule has 3 rings (SSSR count). The minimum atomic E-state index is -0.613. The number of carbonyl (C=O) groups is 2. The van der Waals surface area contributed by atoms with Crippen LogP contribution >= 0.6 is 35.0 Å². The molecular weight excluding hydrogens is 447 g/mol. The lowest BCUT2D eigenvalue weighted by Gasteiger charge is -2.09. The van der Waals surface area contributed by atoms with Crippen molar-refractivity contribution in [2.45, 2.75) is 18.6 Å². The van der Waals surface area contributed by atoms with E-state index >= 15 is 0 Å². The van der Waals surface area contributed by atoms with Gasteiger partial charge in [0.15, 0.2) is 5.17 Å². The molecule has 1 heterocycles. The van der Waals surface area contributed by atoms with Crippen LogP contribution in [0, 0.1) is 0 Å². The number of thioether (sulfide) groups is 1. The molecule has 1 saturated heterocycles. The summed E-state index contributed by atoms with van der Waals surface area (Å²) >= 11 is 13.2. The van der Waals surface area contributed by atoms with E-state index in [9.17, 15) is 9.59 Å². The first-order valence-electron chi connectivity index (χ1n) is 8.85. The van der Waals surface area contributed by atoms with Gasteiger partial charge in [-0.3, -0.25) is 9.59 Å². The Morgan fingerprint density at radius 3 is 2.67 bits per heavy atom. The smallest absolute Gasteiger partial charge is 0.240 e. The minimum absolute atomic E-state index is 0.0421. The summed E-state index contributed by atoms with van der Waals surface area (Å²) in [5.41, 5.74) is 1.95. The number of nitrogens with one attached hydrogen (secondary N) is 2. The van der Waals surface area contributed by atoms with E-state index in [1.165, 1.54) is 0 Å². The lowest BCUT2D eigenvalue weighted by Crippen LogP contribution is -2.28. The second-order valence-electron chi connectivity index (χ2n) is 6.27. The van der Waals surface area contributed by atoms with Crippen LogP contribution in [-0.4, -0.2) is 35.1 Å². The van der Waals surface area contributed by atoms with E-state index in [1.54, 1.807) is 25.3 Å². The van der Waals surface area contributed by atoms with Gasteiger partial charge >= 0.3 is 0 Å². The topological polar surface area (TPSA) is 92.2 Å². The molecule has 2 aromatic carbocycles. The van der Waals surface area contributed by atoms with Crippen molar-refractivity contribution in [1.29, 1.82) is 0 Å². The first-order valence-corrected chi connectivity index (χ1v) is 10.5. The van der Waals surface area contributed by atoms with E-state index in [0.717, 1.165) is 23.1 Å². The molecule has 7 nitrogen and oxygen atoms in total. The normalized spacial score (nSPS) is 17.7. The summed E-state index contributed by atoms with van der Waals surface area (Å²) in [6, 6.07) is 12.3. The minimum Gasteiger partial charge on any atom is -0.497 e. The molecule has 0 aromatic heterocycles. The van der Waals surface area contributed by atoms with Crippen LogP contribution in [0.2, 0.25) is 10.0 Å². The Bertz CT molecular complexity index is 1030. The zero-order valence-electron chi connectivity index (χ0n) is 16.1. The van der Waals surface area contributed by atoms with Crippen molar-refractivity contribution in [2.75, 3.05) is 12.4 Å². The zero-order chi connectivity index (χ0) is 21.7. The molecule has 0 saturated carbocycles. The highest BCUT2D eigenvalue weighted by atomic mass is 35.5. The Balaban J connectivity index is 1.61. The average molecular weight is 465 g/mol. The highest BCUT2D eigenvalue weighted by Crippen LogP contribution is 2.30. The first kappa shape index (κ1) is 22.1. The van der Waals surface area contributed by atoms with E-state index in [-0.39, 0.29) is 23.3 Å². The largest absolute Gasteiger partial charge is 0.497 e. The molecule has 2 amide bonds. The maximum Gasteiger partial charge on any atom is 0.240 e. The number of methoxy groups -OCH3 is 1. The molecule has 0 spiro atoms. The first-order chi connectivity index (χ1) is 14.4.